The number of aliphatic hydroxyl groups is 1. The van der Waals surface area contributed by atoms with Crippen LogP contribution in [0.4, 0.5) is 10.7 Å². The van der Waals surface area contributed by atoms with Crippen LogP contribution in [0.25, 0.3) is 0 Å². The lowest BCUT2D eigenvalue weighted by Gasteiger charge is -2.37. The zero-order valence-electron chi connectivity index (χ0n) is 14.0. The van der Waals surface area contributed by atoms with E-state index >= 15 is 0 Å². The van der Waals surface area contributed by atoms with Crippen molar-refractivity contribution in [2.75, 3.05) is 24.5 Å². The van der Waals surface area contributed by atoms with Crippen LogP contribution in [-0.2, 0) is 4.74 Å². The smallest absolute Gasteiger partial charge is 0.410 e. The molecule has 0 aliphatic carbocycles. The second kappa shape index (κ2) is 6.72. The summed E-state index contributed by atoms with van der Waals surface area (Å²) in [5, 5.41) is 10.4. The predicted molar refractivity (Wildman–Crippen MR) is 90.2 cm³/mol. The SMILES string of the molecule is CC(C)(O)CC1CCN(C2CCN(c3ncc(Cl)cn3)C2)C(=O)O1. The minimum Gasteiger partial charge on any atom is -0.446 e. The Bertz CT molecular complexity index is 590. The van der Waals surface area contributed by atoms with Gasteiger partial charge in [0.2, 0.25) is 5.95 Å². The minimum atomic E-state index is -0.830. The van der Waals surface area contributed by atoms with E-state index in [1.165, 1.54) is 0 Å². The molecule has 132 valence electrons. The van der Waals surface area contributed by atoms with Crippen LogP contribution < -0.4 is 4.90 Å². The van der Waals surface area contributed by atoms with Crippen LogP contribution >= 0.6 is 11.6 Å². The van der Waals surface area contributed by atoms with Gasteiger partial charge in [-0.1, -0.05) is 11.6 Å². The van der Waals surface area contributed by atoms with E-state index in [4.69, 9.17) is 16.3 Å². The van der Waals surface area contributed by atoms with Crippen molar-refractivity contribution in [2.24, 2.45) is 0 Å². The Hall–Kier alpha value is -1.60. The molecule has 0 bridgehead atoms. The van der Waals surface area contributed by atoms with Crippen LogP contribution in [0.15, 0.2) is 12.4 Å². The molecule has 0 aromatic carbocycles. The molecule has 2 aliphatic rings. The van der Waals surface area contributed by atoms with Gasteiger partial charge in [0, 0.05) is 32.5 Å². The number of carbonyl (C=O) groups is 1. The molecule has 0 spiro atoms. The number of carbonyl (C=O) groups excluding carboxylic acids is 1. The van der Waals surface area contributed by atoms with E-state index < -0.39 is 5.60 Å². The Morgan fingerprint density at radius 3 is 2.67 bits per heavy atom. The van der Waals surface area contributed by atoms with Crippen molar-refractivity contribution >= 4 is 23.6 Å². The number of nitrogens with zero attached hydrogens (tertiary/aromatic N) is 4. The number of cyclic esters (lactones) is 1. The Balaban J connectivity index is 1.57. The summed E-state index contributed by atoms with van der Waals surface area (Å²) in [5.41, 5.74) is -0.830. The second-order valence-corrected chi connectivity index (χ2v) is 7.53. The normalized spacial score (nSPS) is 25.1. The molecule has 0 radical (unpaired) electrons. The molecule has 1 amide bonds. The molecule has 2 saturated heterocycles. The monoisotopic (exact) mass is 354 g/mol. The van der Waals surface area contributed by atoms with E-state index in [1.807, 2.05) is 0 Å². The van der Waals surface area contributed by atoms with Gasteiger partial charge in [0.05, 0.1) is 29.1 Å². The van der Waals surface area contributed by atoms with Gasteiger partial charge in [0.15, 0.2) is 0 Å². The minimum absolute atomic E-state index is 0.0971. The van der Waals surface area contributed by atoms with Gasteiger partial charge in [-0.05, 0) is 20.3 Å². The fraction of sp³-hybridized carbons (Fsp3) is 0.688. The maximum atomic E-state index is 12.3. The lowest BCUT2D eigenvalue weighted by molar-refractivity contribution is -0.0304. The van der Waals surface area contributed by atoms with Crippen molar-refractivity contribution in [1.82, 2.24) is 14.9 Å². The number of aromatic nitrogens is 2. The van der Waals surface area contributed by atoms with E-state index in [0.29, 0.717) is 30.5 Å². The first-order valence-electron chi connectivity index (χ1n) is 8.24. The molecule has 3 heterocycles. The van der Waals surface area contributed by atoms with Crippen molar-refractivity contribution in [3.63, 3.8) is 0 Å². The predicted octanol–water partition coefficient (Wildman–Crippen LogP) is 2.08. The van der Waals surface area contributed by atoms with Crippen LogP contribution in [0.2, 0.25) is 5.02 Å². The molecule has 2 atom stereocenters. The number of hydrogen-bond acceptors (Lipinski definition) is 6. The highest BCUT2D eigenvalue weighted by Gasteiger charge is 2.37. The zero-order valence-corrected chi connectivity index (χ0v) is 14.7. The maximum absolute atomic E-state index is 12.3. The highest BCUT2D eigenvalue weighted by molar-refractivity contribution is 6.30. The lowest BCUT2D eigenvalue weighted by Crippen LogP contribution is -2.49. The standard InChI is InChI=1S/C16H23ClN4O3/c1-16(2,23)7-13-4-6-21(15(22)24-13)12-3-5-20(10-12)14-18-8-11(17)9-19-14/h8-9,12-13,23H,3-7,10H2,1-2H3. The van der Waals surface area contributed by atoms with Crippen molar-refractivity contribution in [3.8, 4) is 0 Å². The number of anilines is 1. The third kappa shape index (κ3) is 4.08. The highest BCUT2D eigenvalue weighted by atomic mass is 35.5. The van der Waals surface area contributed by atoms with Crippen molar-refractivity contribution in [1.29, 1.82) is 0 Å². The summed E-state index contributed by atoms with van der Waals surface area (Å²) in [6, 6.07) is 0.0971. The summed E-state index contributed by atoms with van der Waals surface area (Å²) in [5.74, 6) is 0.632. The van der Waals surface area contributed by atoms with Crippen molar-refractivity contribution < 1.29 is 14.6 Å². The van der Waals surface area contributed by atoms with Gasteiger partial charge in [-0.15, -0.1) is 0 Å². The van der Waals surface area contributed by atoms with Crippen LogP contribution in [-0.4, -0.2) is 63.4 Å². The molecule has 3 rings (SSSR count). The summed E-state index contributed by atoms with van der Waals surface area (Å²) in [7, 11) is 0. The third-order valence-corrected chi connectivity index (χ3v) is 4.61. The number of ether oxygens (including phenoxy) is 1. The van der Waals surface area contributed by atoms with Gasteiger partial charge in [0.1, 0.15) is 6.10 Å². The molecular formula is C16H23ClN4O3. The molecule has 2 unspecified atom stereocenters. The van der Waals surface area contributed by atoms with E-state index in [2.05, 4.69) is 14.9 Å². The van der Waals surface area contributed by atoms with Crippen LogP contribution in [0.5, 0.6) is 0 Å². The number of amides is 1. The number of halogens is 1. The quantitative estimate of drug-likeness (QED) is 0.891. The largest absolute Gasteiger partial charge is 0.446 e. The molecule has 7 nitrogen and oxygen atoms in total. The fourth-order valence-electron chi connectivity index (χ4n) is 3.32. The molecule has 1 aromatic rings. The van der Waals surface area contributed by atoms with Gasteiger partial charge >= 0.3 is 6.09 Å². The van der Waals surface area contributed by atoms with Gasteiger partial charge < -0.3 is 19.6 Å². The summed E-state index contributed by atoms with van der Waals surface area (Å²) >= 11 is 5.82. The average molecular weight is 355 g/mol. The summed E-state index contributed by atoms with van der Waals surface area (Å²) in [6.45, 7) is 5.60. The molecule has 2 aliphatic heterocycles. The second-order valence-electron chi connectivity index (χ2n) is 7.09. The lowest BCUT2D eigenvalue weighted by atomic mass is 9.98. The van der Waals surface area contributed by atoms with E-state index in [9.17, 15) is 9.90 Å². The first-order valence-corrected chi connectivity index (χ1v) is 8.62. The maximum Gasteiger partial charge on any atom is 0.410 e. The van der Waals surface area contributed by atoms with Crippen LogP contribution in [0.3, 0.4) is 0 Å². The molecule has 2 fully saturated rings. The summed E-state index contributed by atoms with van der Waals surface area (Å²) in [4.78, 5) is 24.6. The molecular weight excluding hydrogens is 332 g/mol. The van der Waals surface area contributed by atoms with Crippen LogP contribution in [0.1, 0.15) is 33.1 Å². The average Bonchev–Trinajstić information content (AvgIpc) is 2.96. The zero-order chi connectivity index (χ0) is 17.3. The molecule has 24 heavy (non-hydrogen) atoms. The Kier molecular flexibility index (Phi) is 4.83. The molecule has 8 heteroatoms. The molecule has 0 saturated carbocycles. The van der Waals surface area contributed by atoms with E-state index in [1.54, 1.807) is 31.1 Å². The Labute approximate surface area is 146 Å². The molecule has 1 aromatic heterocycles. The first-order chi connectivity index (χ1) is 11.3. The highest BCUT2D eigenvalue weighted by Crippen LogP contribution is 2.26. The Morgan fingerprint density at radius 1 is 1.33 bits per heavy atom. The third-order valence-electron chi connectivity index (χ3n) is 4.41. The van der Waals surface area contributed by atoms with E-state index in [-0.39, 0.29) is 18.2 Å². The fourth-order valence-corrected chi connectivity index (χ4v) is 3.42. The van der Waals surface area contributed by atoms with Gasteiger partial charge in [-0.3, -0.25) is 0 Å². The van der Waals surface area contributed by atoms with Gasteiger partial charge in [-0.25, -0.2) is 14.8 Å². The number of rotatable bonds is 4. The van der Waals surface area contributed by atoms with Crippen molar-refractivity contribution in [2.45, 2.75) is 50.9 Å². The summed E-state index contributed by atoms with van der Waals surface area (Å²) in [6.07, 6.45) is 4.70. The topological polar surface area (TPSA) is 78.8 Å². The molecule has 1 N–H and O–H groups in total. The Morgan fingerprint density at radius 2 is 2.04 bits per heavy atom. The number of hydrogen-bond donors (Lipinski definition) is 1. The van der Waals surface area contributed by atoms with Crippen LogP contribution in [0, 0.1) is 0 Å². The first kappa shape index (κ1) is 17.2. The van der Waals surface area contributed by atoms with E-state index in [0.717, 1.165) is 19.4 Å². The van der Waals surface area contributed by atoms with Gasteiger partial charge in [0.25, 0.3) is 0 Å². The summed E-state index contributed by atoms with van der Waals surface area (Å²) < 4.78 is 5.50. The van der Waals surface area contributed by atoms with Gasteiger partial charge in [-0.2, -0.15) is 0 Å². The van der Waals surface area contributed by atoms with Crippen molar-refractivity contribution in [3.05, 3.63) is 17.4 Å².